The average Bonchev–Trinajstić information content (AvgIpc) is 2.43. The Hall–Kier alpha value is -1.76. The van der Waals surface area contributed by atoms with Crippen LogP contribution in [0.15, 0.2) is 24.3 Å². The molecule has 0 fully saturated rings. The predicted octanol–water partition coefficient (Wildman–Crippen LogP) is 2.63. The summed E-state index contributed by atoms with van der Waals surface area (Å²) in [6.07, 6.45) is -5.00. The number of carbonyl (C=O) groups is 1. The first-order valence-corrected chi connectivity index (χ1v) is 7.10. The molecule has 1 aromatic rings. The number of amides is 1. The van der Waals surface area contributed by atoms with Gasteiger partial charge in [-0.3, -0.25) is 4.79 Å². The Labute approximate surface area is 128 Å². The van der Waals surface area contributed by atoms with Gasteiger partial charge in [-0.05, 0) is 24.1 Å². The summed E-state index contributed by atoms with van der Waals surface area (Å²) in [5.74, 6) is 0.498. The van der Waals surface area contributed by atoms with Crippen LogP contribution >= 0.6 is 0 Å². The molecule has 0 bridgehead atoms. The number of benzene rings is 1. The fourth-order valence-electron chi connectivity index (χ4n) is 1.73. The zero-order chi connectivity index (χ0) is 16.4. The van der Waals surface area contributed by atoms with Crippen LogP contribution in [0.2, 0.25) is 0 Å². The Morgan fingerprint density at radius 3 is 2.45 bits per heavy atom. The molecular weight excluding hydrogens is 297 g/mol. The fourth-order valence-corrected chi connectivity index (χ4v) is 1.73. The van der Waals surface area contributed by atoms with E-state index in [1.54, 1.807) is 12.1 Å². The van der Waals surface area contributed by atoms with Gasteiger partial charge in [0, 0.05) is 33.0 Å². The molecule has 0 aliphatic carbocycles. The highest BCUT2D eigenvalue weighted by atomic mass is 19.4. The van der Waals surface area contributed by atoms with E-state index in [0.717, 1.165) is 5.56 Å². The lowest BCUT2D eigenvalue weighted by molar-refractivity contribution is -0.136. The third-order valence-corrected chi connectivity index (χ3v) is 2.80. The van der Waals surface area contributed by atoms with Crippen LogP contribution in [0, 0.1) is 0 Å². The van der Waals surface area contributed by atoms with E-state index >= 15 is 0 Å². The van der Waals surface area contributed by atoms with Crippen molar-refractivity contribution in [2.24, 2.45) is 0 Å². The van der Waals surface area contributed by atoms with Crippen molar-refractivity contribution in [1.29, 1.82) is 0 Å². The summed E-state index contributed by atoms with van der Waals surface area (Å²) in [6, 6.07) is 7.17. The van der Waals surface area contributed by atoms with Gasteiger partial charge in [0.15, 0.2) is 0 Å². The van der Waals surface area contributed by atoms with Crippen LogP contribution in [0.25, 0.3) is 0 Å². The van der Waals surface area contributed by atoms with Gasteiger partial charge in [0.25, 0.3) is 0 Å². The van der Waals surface area contributed by atoms with E-state index in [4.69, 9.17) is 4.74 Å². The molecule has 0 aromatic heterocycles. The number of rotatable bonds is 9. The number of carbonyl (C=O) groups excluding carboxylic acids is 1. The summed E-state index contributed by atoms with van der Waals surface area (Å²) in [7, 11) is 0. The topological polar surface area (TPSA) is 50.4 Å². The van der Waals surface area contributed by atoms with Gasteiger partial charge in [-0.25, -0.2) is 0 Å². The molecule has 2 N–H and O–H groups in total. The molecule has 1 rings (SSSR count). The molecular formula is C15H21F3N2O2. The van der Waals surface area contributed by atoms with Gasteiger partial charge in [0.1, 0.15) is 5.75 Å². The zero-order valence-corrected chi connectivity index (χ0v) is 12.5. The first-order chi connectivity index (χ1) is 10.4. The Bertz CT molecular complexity index is 447. The van der Waals surface area contributed by atoms with E-state index in [-0.39, 0.29) is 18.9 Å². The second-order valence-corrected chi connectivity index (χ2v) is 4.87. The quantitative estimate of drug-likeness (QED) is 0.688. The first kappa shape index (κ1) is 18.3. The number of ether oxygens (including phenoxy) is 1. The maximum atomic E-state index is 12.0. The minimum atomic E-state index is -4.13. The number of nitrogens with one attached hydrogen (secondary N) is 2. The first-order valence-electron chi connectivity index (χ1n) is 7.10. The highest BCUT2D eigenvalue weighted by Crippen LogP contribution is 2.21. The highest BCUT2D eigenvalue weighted by Gasteiger charge is 2.26. The second-order valence-electron chi connectivity index (χ2n) is 4.87. The van der Waals surface area contributed by atoms with Crippen molar-refractivity contribution in [3.63, 3.8) is 0 Å². The van der Waals surface area contributed by atoms with Gasteiger partial charge in [-0.1, -0.05) is 12.1 Å². The van der Waals surface area contributed by atoms with E-state index in [9.17, 15) is 18.0 Å². The third-order valence-electron chi connectivity index (χ3n) is 2.80. The van der Waals surface area contributed by atoms with Crippen molar-refractivity contribution >= 4 is 5.91 Å². The lowest BCUT2D eigenvalue weighted by Gasteiger charge is -2.09. The molecule has 4 nitrogen and oxygen atoms in total. The predicted molar refractivity (Wildman–Crippen MR) is 77.6 cm³/mol. The molecule has 22 heavy (non-hydrogen) atoms. The number of alkyl halides is 3. The Morgan fingerprint density at radius 1 is 1.18 bits per heavy atom. The van der Waals surface area contributed by atoms with Crippen LogP contribution in [-0.4, -0.2) is 31.8 Å². The largest absolute Gasteiger partial charge is 0.494 e. The lowest BCUT2D eigenvalue weighted by Crippen LogP contribution is -2.29. The Kier molecular flexibility index (Phi) is 7.73. The molecule has 0 saturated heterocycles. The Morgan fingerprint density at radius 2 is 1.86 bits per heavy atom. The molecule has 1 aromatic carbocycles. The number of hydrogen-bond donors (Lipinski definition) is 2. The van der Waals surface area contributed by atoms with Crippen molar-refractivity contribution in [2.45, 2.75) is 32.5 Å². The molecule has 0 unspecified atom stereocenters. The van der Waals surface area contributed by atoms with Crippen molar-refractivity contribution in [3.05, 3.63) is 29.8 Å². The molecule has 7 heteroatoms. The summed E-state index contributed by atoms with van der Waals surface area (Å²) in [6.45, 7) is 3.39. The van der Waals surface area contributed by atoms with Crippen LogP contribution in [0.5, 0.6) is 5.75 Å². The normalized spacial score (nSPS) is 11.3. The van der Waals surface area contributed by atoms with Crippen molar-refractivity contribution in [2.75, 3.05) is 19.7 Å². The lowest BCUT2D eigenvalue weighted by atomic mass is 10.2. The summed E-state index contributed by atoms with van der Waals surface area (Å²) in [5.41, 5.74) is 1.03. The molecule has 0 atom stereocenters. The molecule has 0 saturated carbocycles. The summed E-state index contributed by atoms with van der Waals surface area (Å²) < 4.78 is 41.2. The Balaban J connectivity index is 2.18. The van der Waals surface area contributed by atoms with E-state index < -0.39 is 12.6 Å². The number of hydrogen-bond acceptors (Lipinski definition) is 3. The van der Waals surface area contributed by atoms with Crippen LogP contribution in [0.4, 0.5) is 13.2 Å². The van der Waals surface area contributed by atoms with Crippen LogP contribution in [-0.2, 0) is 11.3 Å². The monoisotopic (exact) mass is 318 g/mol. The maximum absolute atomic E-state index is 12.0. The van der Waals surface area contributed by atoms with E-state index in [1.807, 2.05) is 12.1 Å². The van der Waals surface area contributed by atoms with Gasteiger partial charge >= 0.3 is 6.18 Å². The summed E-state index contributed by atoms with van der Waals surface area (Å²) in [5, 5.41) is 5.84. The minimum Gasteiger partial charge on any atom is -0.494 e. The van der Waals surface area contributed by atoms with Crippen LogP contribution in [0.1, 0.15) is 25.3 Å². The minimum absolute atomic E-state index is 0.0457. The van der Waals surface area contributed by atoms with E-state index in [1.165, 1.54) is 6.92 Å². The molecule has 0 radical (unpaired) electrons. The fraction of sp³-hybridized carbons (Fsp3) is 0.533. The van der Waals surface area contributed by atoms with E-state index in [2.05, 4.69) is 10.6 Å². The van der Waals surface area contributed by atoms with Gasteiger partial charge in [-0.15, -0.1) is 0 Å². The van der Waals surface area contributed by atoms with Crippen LogP contribution < -0.4 is 15.4 Å². The van der Waals surface area contributed by atoms with Gasteiger partial charge in [-0.2, -0.15) is 13.2 Å². The number of halogens is 3. The van der Waals surface area contributed by atoms with E-state index in [0.29, 0.717) is 25.4 Å². The van der Waals surface area contributed by atoms with Crippen molar-refractivity contribution in [1.82, 2.24) is 10.6 Å². The molecule has 0 aliphatic heterocycles. The average molecular weight is 318 g/mol. The van der Waals surface area contributed by atoms with Crippen molar-refractivity contribution < 1.29 is 22.7 Å². The standard InChI is InChI=1S/C15H21F3N2O2/c1-12(21)20-9-8-19-11-13-3-5-14(6-4-13)22-10-2-7-15(16,17)18/h3-6,19H,2,7-11H2,1H3,(H,20,21). The second kappa shape index (κ2) is 9.30. The molecule has 0 spiro atoms. The third kappa shape index (κ3) is 9.23. The van der Waals surface area contributed by atoms with Crippen molar-refractivity contribution in [3.8, 4) is 5.75 Å². The summed E-state index contributed by atoms with van der Waals surface area (Å²) in [4.78, 5) is 10.7. The summed E-state index contributed by atoms with van der Waals surface area (Å²) >= 11 is 0. The molecule has 0 heterocycles. The zero-order valence-electron chi connectivity index (χ0n) is 12.5. The molecule has 0 aliphatic rings. The van der Waals surface area contributed by atoms with Crippen LogP contribution in [0.3, 0.4) is 0 Å². The smallest absolute Gasteiger partial charge is 0.389 e. The molecule has 1 amide bonds. The van der Waals surface area contributed by atoms with Gasteiger partial charge in [0.05, 0.1) is 6.61 Å². The van der Waals surface area contributed by atoms with Gasteiger partial charge < -0.3 is 15.4 Å². The van der Waals surface area contributed by atoms with Gasteiger partial charge in [0.2, 0.25) is 5.91 Å². The highest BCUT2D eigenvalue weighted by molar-refractivity contribution is 5.72. The SMILES string of the molecule is CC(=O)NCCNCc1ccc(OCCCC(F)(F)F)cc1. The maximum Gasteiger partial charge on any atom is 0.389 e. The molecule has 124 valence electrons.